The molecule has 3 rings (SSSR count). The minimum absolute atomic E-state index is 0.0623. The molecular weight excluding hydrogens is 278 g/mol. The van der Waals surface area contributed by atoms with Crippen LogP contribution in [0.4, 0.5) is 4.39 Å². The molecule has 0 spiro atoms. The van der Waals surface area contributed by atoms with Gasteiger partial charge in [-0.2, -0.15) is 0 Å². The highest BCUT2D eigenvalue weighted by Gasteiger charge is 2.12. The smallest absolute Gasteiger partial charge is 0.198 e. The highest BCUT2D eigenvalue weighted by Crippen LogP contribution is 2.24. The average Bonchev–Trinajstić information content (AvgIpc) is 2.78. The topological polar surface area (TPSA) is 43.1 Å². The molecule has 0 aliphatic rings. The SMILES string of the molecule is Fc1cc(-c2nnc3c(Cl)nccn23)ccc1Cl. The Kier molecular flexibility index (Phi) is 2.65. The summed E-state index contributed by atoms with van der Waals surface area (Å²) in [5.74, 6) is -0.0315. The van der Waals surface area contributed by atoms with Gasteiger partial charge in [-0.3, -0.25) is 4.40 Å². The second-order valence-corrected chi connectivity index (χ2v) is 4.33. The molecule has 0 aliphatic carbocycles. The summed E-state index contributed by atoms with van der Waals surface area (Å²) in [5.41, 5.74) is 0.983. The van der Waals surface area contributed by atoms with Crippen molar-refractivity contribution < 1.29 is 4.39 Å². The molecule has 18 heavy (non-hydrogen) atoms. The molecule has 2 heterocycles. The molecule has 1 aromatic carbocycles. The Bertz CT molecular complexity index is 741. The molecule has 0 aliphatic heterocycles. The van der Waals surface area contributed by atoms with Gasteiger partial charge in [0, 0.05) is 18.0 Å². The van der Waals surface area contributed by atoms with Gasteiger partial charge in [0.05, 0.1) is 5.02 Å². The number of aromatic nitrogens is 4. The molecular formula is C11H5Cl2FN4. The molecule has 0 unspecified atom stereocenters. The Morgan fingerprint density at radius 2 is 2.00 bits per heavy atom. The van der Waals surface area contributed by atoms with Gasteiger partial charge < -0.3 is 0 Å². The summed E-state index contributed by atoms with van der Waals surface area (Å²) in [6.45, 7) is 0. The molecule has 0 atom stereocenters. The van der Waals surface area contributed by atoms with E-state index in [2.05, 4.69) is 15.2 Å². The molecule has 7 heteroatoms. The van der Waals surface area contributed by atoms with Crippen LogP contribution in [0.2, 0.25) is 10.2 Å². The van der Waals surface area contributed by atoms with Gasteiger partial charge in [-0.25, -0.2) is 9.37 Å². The maximum atomic E-state index is 13.4. The first-order chi connectivity index (χ1) is 8.66. The maximum absolute atomic E-state index is 13.4. The zero-order chi connectivity index (χ0) is 12.7. The minimum Gasteiger partial charge on any atom is -0.278 e. The van der Waals surface area contributed by atoms with Crippen molar-refractivity contribution in [2.45, 2.75) is 0 Å². The lowest BCUT2D eigenvalue weighted by Crippen LogP contribution is -1.91. The van der Waals surface area contributed by atoms with Gasteiger partial charge in [-0.05, 0) is 18.2 Å². The van der Waals surface area contributed by atoms with E-state index in [-0.39, 0.29) is 10.2 Å². The molecule has 2 aromatic heterocycles. The van der Waals surface area contributed by atoms with Crippen molar-refractivity contribution in [2.75, 3.05) is 0 Å². The molecule has 0 saturated carbocycles. The molecule has 90 valence electrons. The van der Waals surface area contributed by atoms with Crippen LogP contribution in [0.25, 0.3) is 17.0 Å². The summed E-state index contributed by atoms with van der Waals surface area (Å²) >= 11 is 11.5. The summed E-state index contributed by atoms with van der Waals surface area (Å²) in [6, 6.07) is 4.43. The molecule has 0 N–H and O–H groups in total. The summed E-state index contributed by atoms with van der Waals surface area (Å²) in [6.07, 6.45) is 3.18. The third-order valence-electron chi connectivity index (χ3n) is 2.46. The van der Waals surface area contributed by atoms with E-state index >= 15 is 0 Å². The fourth-order valence-electron chi connectivity index (χ4n) is 1.63. The van der Waals surface area contributed by atoms with E-state index in [0.717, 1.165) is 0 Å². The molecule has 3 aromatic rings. The second kappa shape index (κ2) is 4.19. The van der Waals surface area contributed by atoms with Crippen LogP contribution in [0.1, 0.15) is 0 Å². The predicted molar refractivity (Wildman–Crippen MR) is 66.2 cm³/mol. The fourth-order valence-corrected chi connectivity index (χ4v) is 1.93. The van der Waals surface area contributed by atoms with Crippen molar-refractivity contribution in [3.8, 4) is 11.4 Å². The van der Waals surface area contributed by atoms with Gasteiger partial charge in [0.1, 0.15) is 5.82 Å². The zero-order valence-corrected chi connectivity index (χ0v) is 10.3. The van der Waals surface area contributed by atoms with Crippen molar-refractivity contribution in [1.29, 1.82) is 0 Å². The van der Waals surface area contributed by atoms with Crippen LogP contribution in [0.15, 0.2) is 30.6 Å². The Hall–Kier alpha value is -1.72. The van der Waals surface area contributed by atoms with Crippen LogP contribution >= 0.6 is 23.2 Å². The molecule has 0 fully saturated rings. The van der Waals surface area contributed by atoms with E-state index < -0.39 is 5.82 Å². The number of hydrogen-bond donors (Lipinski definition) is 0. The molecule has 0 saturated heterocycles. The first kappa shape index (κ1) is 11.4. The van der Waals surface area contributed by atoms with Gasteiger partial charge in [-0.15, -0.1) is 10.2 Å². The van der Waals surface area contributed by atoms with Crippen molar-refractivity contribution in [3.63, 3.8) is 0 Å². The number of nitrogens with zero attached hydrogens (tertiary/aromatic N) is 4. The molecule has 0 radical (unpaired) electrons. The van der Waals surface area contributed by atoms with Gasteiger partial charge in [0.25, 0.3) is 0 Å². The normalized spacial score (nSPS) is 11.1. The number of halogens is 3. The molecule has 0 amide bonds. The standard InChI is InChI=1S/C11H5Cl2FN4/c12-7-2-1-6(5-8(7)14)10-16-17-11-9(13)15-3-4-18(10)11/h1-5H. The van der Waals surface area contributed by atoms with E-state index in [0.29, 0.717) is 17.0 Å². The maximum Gasteiger partial charge on any atom is 0.198 e. The van der Waals surface area contributed by atoms with Crippen molar-refractivity contribution in [2.24, 2.45) is 0 Å². The summed E-state index contributed by atoms with van der Waals surface area (Å²) < 4.78 is 15.1. The van der Waals surface area contributed by atoms with Gasteiger partial charge >= 0.3 is 0 Å². The van der Waals surface area contributed by atoms with E-state index in [9.17, 15) is 4.39 Å². The number of hydrogen-bond acceptors (Lipinski definition) is 3. The quantitative estimate of drug-likeness (QED) is 0.688. The van der Waals surface area contributed by atoms with Crippen molar-refractivity contribution in [3.05, 3.63) is 46.6 Å². The lowest BCUT2D eigenvalue weighted by atomic mass is 10.2. The van der Waals surface area contributed by atoms with E-state index in [4.69, 9.17) is 23.2 Å². The third kappa shape index (κ3) is 1.72. The predicted octanol–water partition coefficient (Wildman–Crippen LogP) is 3.24. The Balaban J connectivity index is 2.25. The highest BCUT2D eigenvalue weighted by molar-refractivity contribution is 6.32. The van der Waals surface area contributed by atoms with Crippen LogP contribution in [-0.2, 0) is 0 Å². The van der Waals surface area contributed by atoms with E-state index in [1.807, 2.05) is 0 Å². The third-order valence-corrected chi connectivity index (χ3v) is 3.03. The Morgan fingerprint density at radius 3 is 2.78 bits per heavy atom. The minimum atomic E-state index is -0.508. The lowest BCUT2D eigenvalue weighted by Gasteiger charge is -2.01. The van der Waals surface area contributed by atoms with E-state index in [1.165, 1.54) is 18.3 Å². The monoisotopic (exact) mass is 282 g/mol. The van der Waals surface area contributed by atoms with Crippen LogP contribution in [0.5, 0.6) is 0 Å². The number of fused-ring (bicyclic) bond motifs is 1. The fraction of sp³-hybridized carbons (Fsp3) is 0. The lowest BCUT2D eigenvalue weighted by molar-refractivity contribution is 0.628. The first-order valence-electron chi connectivity index (χ1n) is 4.97. The first-order valence-corrected chi connectivity index (χ1v) is 5.73. The molecule has 0 bridgehead atoms. The summed E-state index contributed by atoms with van der Waals surface area (Å²) in [4.78, 5) is 3.89. The van der Waals surface area contributed by atoms with Crippen LogP contribution < -0.4 is 0 Å². The largest absolute Gasteiger partial charge is 0.278 e. The second-order valence-electron chi connectivity index (χ2n) is 3.56. The van der Waals surface area contributed by atoms with Gasteiger partial charge in [0.15, 0.2) is 16.6 Å². The van der Waals surface area contributed by atoms with Gasteiger partial charge in [0.2, 0.25) is 0 Å². The average molecular weight is 283 g/mol. The van der Waals surface area contributed by atoms with Crippen LogP contribution in [-0.4, -0.2) is 19.6 Å². The van der Waals surface area contributed by atoms with Crippen molar-refractivity contribution in [1.82, 2.24) is 19.6 Å². The van der Waals surface area contributed by atoms with E-state index in [1.54, 1.807) is 16.7 Å². The highest BCUT2D eigenvalue weighted by atomic mass is 35.5. The van der Waals surface area contributed by atoms with Crippen molar-refractivity contribution >= 4 is 28.8 Å². The van der Waals surface area contributed by atoms with Gasteiger partial charge in [-0.1, -0.05) is 23.2 Å². The molecule has 4 nitrogen and oxygen atoms in total. The van der Waals surface area contributed by atoms with Crippen LogP contribution in [0.3, 0.4) is 0 Å². The Labute approximate surface area is 111 Å². The van der Waals surface area contributed by atoms with Crippen LogP contribution in [0, 0.1) is 5.82 Å². The summed E-state index contributed by atoms with van der Waals surface area (Å²) in [5, 5.41) is 8.19. The zero-order valence-electron chi connectivity index (χ0n) is 8.81. The Morgan fingerprint density at radius 1 is 1.17 bits per heavy atom. The number of benzene rings is 1. The number of rotatable bonds is 1. The summed E-state index contributed by atoms with van der Waals surface area (Å²) in [7, 11) is 0.